The number of pyridine rings is 1. The van der Waals surface area contributed by atoms with Crippen LogP contribution in [0.2, 0.25) is 0 Å². The standard InChI is InChI=1S/C16H18N4/c1-12(18)15-6-7-19-16(9-15)20(2)11-14-5-3-4-13(8-14)10-17/h3-9,12H,11,18H2,1-2H3/t12-/m1/s1. The van der Waals surface area contributed by atoms with Crippen LogP contribution in [0.15, 0.2) is 42.6 Å². The Hall–Kier alpha value is -2.38. The van der Waals surface area contributed by atoms with Crippen LogP contribution in [0.3, 0.4) is 0 Å². The first-order valence-electron chi connectivity index (χ1n) is 6.52. The number of nitriles is 1. The predicted molar refractivity (Wildman–Crippen MR) is 80.1 cm³/mol. The maximum Gasteiger partial charge on any atom is 0.128 e. The molecule has 1 heterocycles. The van der Waals surface area contributed by atoms with Crippen LogP contribution < -0.4 is 10.6 Å². The van der Waals surface area contributed by atoms with E-state index in [1.165, 1.54) is 0 Å². The number of rotatable bonds is 4. The normalized spacial score (nSPS) is 11.7. The van der Waals surface area contributed by atoms with E-state index in [1.807, 2.05) is 49.2 Å². The van der Waals surface area contributed by atoms with E-state index in [2.05, 4.69) is 11.1 Å². The zero-order valence-electron chi connectivity index (χ0n) is 11.7. The summed E-state index contributed by atoms with van der Waals surface area (Å²) < 4.78 is 0. The number of hydrogen-bond donors (Lipinski definition) is 1. The van der Waals surface area contributed by atoms with Gasteiger partial charge in [0.25, 0.3) is 0 Å². The van der Waals surface area contributed by atoms with Gasteiger partial charge < -0.3 is 10.6 Å². The van der Waals surface area contributed by atoms with Gasteiger partial charge in [-0.3, -0.25) is 0 Å². The van der Waals surface area contributed by atoms with Gasteiger partial charge in [0.05, 0.1) is 11.6 Å². The van der Waals surface area contributed by atoms with Gasteiger partial charge in [0, 0.05) is 25.8 Å². The van der Waals surface area contributed by atoms with E-state index in [0.29, 0.717) is 12.1 Å². The van der Waals surface area contributed by atoms with E-state index in [1.54, 1.807) is 12.3 Å². The summed E-state index contributed by atoms with van der Waals surface area (Å²) in [6, 6.07) is 13.7. The minimum atomic E-state index is -0.00735. The highest BCUT2D eigenvalue weighted by Gasteiger charge is 2.07. The lowest BCUT2D eigenvalue weighted by Gasteiger charge is -2.19. The molecule has 0 amide bonds. The molecule has 0 unspecified atom stereocenters. The predicted octanol–water partition coefficient (Wildman–Crippen LogP) is 2.61. The molecule has 2 rings (SSSR count). The molecule has 0 saturated heterocycles. The molecular weight excluding hydrogens is 248 g/mol. The Morgan fingerprint density at radius 1 is 1.35 bits per heavy atom. The lowest BCUT2D eigenvalue weighted by Crippen LogP contribution is -2.18. The molecule has 1 aromatic carbocycles. The Bertz CT molecular complexity index is 628. The monoisotopic (exact) mass is 266 g/mol. The zero-order chi connectivity index (χ0) is 14.5. The van der Waals surface area contributed by atoms with Crippen molar-refractivity contribution in [1.29, 1.82) is 5.26 Å². The molecule has 1 atom stereocenters. The van der Waals surface area contributed by atoms with Crippen molar-refractivity contribution in [2.24, 2.45) is 5.73 Å². The summed E-state index contributed by atoms with van der Waals surface area (Å²) in [5.74, 6) is 0.877. The second kappa shape index (κ2) is 6.18. The number of anilines is 1. The van der Waals surface area contributed by atoms with Gasteiger partial charge in [-0.1, -0.05) is 12.1 Å². The summed E-state index contributed by atoms with van der Waals surface area (Å²) in [7, 11) is 1.98. The molecule has 0 aliphatic heterocycles. The Labute approximate surface area is 119 Å². The average Bonchev–Trinajstić information content (AvgIpc) is 2.47. The maximum absolute atomic E-state index is 8.92. The molecule has 4 heteroatoms. The van der Waals surface area contributed by atoms with Gasteiger partial charge in [0.1, 0.15) is 5.82 Å². The molecule has 0 fully saturated rings. The van der Waals surface area contributed by atoms with Crippen LogP contribution in [-0.2, 0) is 6.54 Å². The van der Waals surface area contributed by atoms with Crippen LogP contribution in [0.1, 0.15) is 29.7 Å². The summed E-state index contributed by atoms with van der Waals surface area (Å²) in [6.45, 7) is 2.65. The van der Waals surface area contributed by atoms with Gasteiger partial charge in [-0.15, -0.1) is 0 Å². The molecule has 0 radical (unpaired) electrons. The van der Waals surface area contributed by atoms with E-state index < -0.39 is 0 Å². The van der Waals surface area contributed by atoms with Crippen molar-refractivity contribution in [2.75, 3.05) is 11.9 Å². The summed E-state index contributed by atoms with van der Waals surface area (Å²) >= 11 is 0. The fraction of sp³-hybridized carbons (Fsp3) is 0.250. The van der Waals surface area contributed by atoms with Crippen molar-refractivity contribution in [3.63, 3.8) is 0 Å². The van der Waals surface area contributed by atoms with Gasteiger partial charge in [-0.2, -0.15) is 5.26 Å². The van der Waals surface area contributed by atoms with E-state index >= 15 is 0 Å². The molecule has 0 aliphatic rings. The third-order valence-electron chi connectivity index (χ3n) is 3.16. The molecule has 0 spiro atoms. The van der Waals surface area contributed by atoms with Crippen LogP contribution in [-0.4, -0.2) is 12.0 Å². The molecule has 4 nitrogen and oxygen atoms in total. The first-order valence-corrected chi connectivity index (χ1v) is 6.52. The topological polar surface area (TPSA) is 65.9 Å². The molecule has 0 aliphatic carbocycles. The van der Waals surface area contributed by atoms with Gasteiger partial charge in [0.2, 0.25) is 0 Å². The minimum absolute atomic E-state index is 0.00735. The van der Waals surface area contributed by atoms with Crippen LogP contribution in [0.5, 0.6) is 0 Å². The summed E-state index contributed by atoms with van der Waals surface area (Å²) in [5, 5.41) is 8.92. The first kappa shape index (κ1) is 14.0. The lowest BCUT2D eigenvalue weighted by molar-refractivity contribution is 0.809. The third-order valence-corrected chi connectivity index (χ3v) is 3.16. The van der Waals surface area contributed by atoms with Crippen molar-refractivity contribution in [1.82, 2.24) is 4.98 Å². The lowest BCUT2D eigenvalue weighted by atomic mass is 10.1. The van der Waals surface area contributed by atoms with Gasteiger partial charge in [0.15, 0.2) is 0 Å². The van der Waals surface area contributed by atoms with Crippen LogP contribution >= 0.6 is 0 Å². The highest BCUT2D eigenvalue weighted by molar-refractivity contribution is 5.42. The zero-order valence-corrected chi connectivity index (χ0v) is 11.7. The molecule has 102 valence electrons. The summed E-state index contributed by atoms with van der Waals surface area (Å²) in [4.78, 5) is 6.41. The quantitative estimate of drug-likeness (QED) is 0.923. The van der Waals surface area contributed by atoms with Gasteiger partial charge in [-0.25, -0.2) is 4.98 Å². The van der Waals surface area contributed by atoms with E-state index in [9.17, 15) is 0 Å². The van der Waals surface area contributed by atoms with E-state index in [0.717, 1.165) is 16.9 Å². The highest BCUT2D eigenvalue weighted by Crippen LogP contribution is 2.17. The minimum Gasteiger partial charge on any atom is -0.355 e. The fourth-order valence-electron chi connectivity index (χ4n) is 2.02. The SMILES string of the molecule is C[C@@H](N)c1ccnc(N(C)Cc2cccc(C#N)c2)c1. The molecule has 0 saturated carbocycles. The number of nitrogens with zero attached hydrogens (tertiary/aromatic N) is 3. The Balaban J connectivity index is 2.17. The Kier molecular flexibility index (Phi) is 4.34. The molecule has 2 aromatic rings. The van der Waals surface area contributed by atoms with Crippen molar-refractivity contribution < 1.29 is 0 Å². The number of benzene rings is 1. The second-order valence-corrected chi connectivity index (χ2v) is 4.90. The number of nitrogens with two attached hydrogens (primary N) is 1. The van der Waals surface area contributed by atoms with Crippen LogP contribution in [0.4, 0.5) is 5.82 Å². The van der Waals surface area contributed by atoms with Crippen molar-refractivity contribution in [3.8, 4) is 6.07 Å². The first-order chi connectivity index (χ1) is 9.60. The van der Waals surface area contributed by atoms with Gasteiger partial charge in [-0.05, 0) is 42.3 Å². The smallest absolute Gasteiger partial charge is 0.128 e. The number of aromatic nitrogens is 1. The largest absolute Gasteiger partial charge is 0.355 e. The van der Waals surface area contributed by atoms with Crippen LogP contribution in [0.25, 0.3) is 0 Å². The maximum atomic E-state index is 8.92. The van der Waals surface area contributed by atoms with E-state index in [4.69, 9.17) is 11.0 Å². The third kappa shape index (κ3) is 3.34. The number of hydrogen-bond acceptors (Lipinski definition) is 4. The molecule has 1 aromatic heterocycles. The van der Waals surface area contributed by atoms with Crippen molar-refractivity contribution in [2.45, 2.75) is 19.5 Å². The molecule has 0 bridgehead atoms. The molecular formula is C16H18N4. The Morgan fingerprint density at radius 3 is 2.85 bits per heavy atom. The highest BCUT2D eigenvalue weighted by atomic mass is 15.2. The average molecular weight is 266 g/mol. The van der Waals surface area contributed by atoms with Crippen molar-refractivity contribution >= 4 is 5.82 Å². The fourth-order valence-corrected chi connectivity index (χ4v) is 2.02. The summed E-state index contributed by atoms with van der Waals surface area (Å²) in [5.41, 5.74) is 8.71. The molecule has 20 heavy (non-hydrogen) atoms. The Morgan fingerprint density at radius 2 is 2.15 bits per heavy atom. The van der Waals surface area contributed by atoms with Gasteiger partial charge >= 0.3 is 0 Å². The summed E-state index contributed by atoms with van der Waals surface area (Å²) in [6.07, 6.45) is 1.77. The second-order valence-electron chi connectivity index (χ2n) is 4.90. The van der Waals surface area contributed by atoms with E-state index in [-0.39, 0.29) is 6.04 Å². The van der Waals surface area contributed by atoms with Crippen LogP contribution in [0, 0.1) is 11.3 Å². The molecule has 2 N–H and O–H groups in total. The van der Waals surface area contributed by atoms with Crippen molar-refractivity contribution in [3.05, 3.63) is 59.3 Å².